The first-order chi connectivity index (χ1) is 9.92. The maximum Gasteiger partial charge on any atom is 0.261 e. The van der Waals surface area contributed by atoms with Gasteiger partial charge >= 0.3 is 0 Å². The SMILES string of the molecule is Cc1cc(Cl)ccc1NS(=O)(=O)c1ccc(CCCl)cc1. The van der Waals surface area contributed by atoms with E-state index in [2.05, 4.69) is 4.72 Å². The van der Waals surface area contributed by atoms with E-state index in [1.807, 2.05) is 0 Å². The van der Waals surface area contributed by atoms with Crippen LogP contribution in [0.15, 0.2) is 47.4 Å². The maximum absolute atomic E-state index is 12.3. The van der Waals surface area contributed by atoms with Crippen LogP contribution in [-0.4, -0.2) is 14.3 Å². The summed E-state index contributed by atoms with van der Waals surface area (Å²) in [4.78, 5) is 0.218. The Morgan fingerprint density at radius 1 is 1.10 bits per heavy atom. The number of rotatable bonds is 5. The molecule has 6 heteroatoms. The van der Waals surface area contributed by atoms with Gasteiger partial charge < -0.3 is 0 Å². The second-order valence-corrected chi connectivity index (χ2v) is 7.14. The second kappa shape index (κ2) is 6.69. The van der Waals surface area contributed by atoms with Gasteiger partial charge in [0.05, 0.1) is 10.6 Å². The number of hydrogen-bond donors (Lipinski definition) is 1. The smallest absolute Gasteiger partial charge is 0.261 e. The van der Waals surface area contributed by atoms with Gasteiger partial charge in [0.15, 0.2) is 0 Å². The molecule has 0 bridgehead atoms. The first-order valence-corrected chi connectivity index (χ1v) is 8.76. The highest BCUT2D eigenvalue weighted by molar-refractivity contribution is 7.92. The molecule has 2 aromatic carbocycles. The molecule has 0 aliphatic heterocycles. The molecule has 2 rings (SSSR count). The van der Waals surface area contributed by atoms with E-state index in [1.165, 1.54) is 0 Å². The number of alkyl halides is 1. The van der Waals surface area contributed by atoms with E-state index in [9.17, 15) is 8.42 Å². The normalized spacial score (nSPS) is 11.4. The van der Waals surface area contributed by atoms with Crippen molar-refractivity contribution in [3.05, 3.63) is 58.6 Å². The third-order valence-corrected chi connectivity index (χ3v) is 4.86. The molecule has 0 aliphatic carbocycles. The van der Waals surface area contributed by atoms with E-state index in [0.717, 1.165) is 11.1 Å². The van der Waals surface area contributed by atoms with Gasteiger partial charge in [-0.2, -0.15) is 0 Å². The average molecular weight is 344 g/mol. The van der Waals surface area contributed by atoms with Crippen LogP contribution in [0.25, 0.3) is 0 Å². The first kappa shape index (κ1) is 16.1. The summed E-state index contributed by atoms with van der Waals surface area (Å²) in [5.74, 6) is 0.508. The highest BCUT2D eigenvalue weighted by atomic mass is 35.5. The van der Waals surface area contributed by atoms with Gasteiger partial charge in [0, 0.05) is 10.9 Å². The zero-order valence-corrected chi connectivity index (χ0v) is 13.8. The molecule has 0 spiro atoms. The molecule has 0 amide bonds. The molecule has 0 aliphatic rings. The van der Waals surface area contributed by atoms with Crippen molar-refractivity contribution < 1.29 is 8.42 Å². The highest BCUT2D eigenvalue weighted by Crippen LogP contribution is 2.23. The Morgan fingerprint density at radius 2 is 1.76 bits per heavy atom. The van der Waals surface area contributed by atoms with Gasteiger partial charge in [0.2, 0.25) is 0 Å². The minimum Gasteiger partial charge on any atom is -0.279 e. The lowest BCUT2D eigenvalue weighted by molar-refractivity contribution is 0.601. The summed E-state index contributed by atoms with van der Waals surface area (Å²) in [6.07, 6.45) is 0.714. The Bertz CT molecular complexity index is 728. The van der Waals surface area contributed by atoms with Gasteiger partial charge in [-0.15, -0.1) is 11.6 Å². The van der Waals surface area contributed by atoms with Crippen LogP contribution in [0, 0.1) is 6.92 Å². The van der Waals surface area contributed by atoms with Crippen molar-refractivity contribution in [2.45, 2.75) is 18.2 Å². The molecule has 0 heterocycles. The topological polar surface area (TPSA) is 46.2 Å². The van der Waals surface area contributed by atoms with Crippen LogP contribution in [0.3, 0.4) is 0 Å². The van der Waals surface area contributed by atoms with Crippen LogP contribution >= 0.6 is 23.2 Å². The van der Waals surface area contributed by atoms with Crippen molar-refractivity contribution in [1.82, 2.24) is 0 Å². The Balaban J connectivity index is 2.25. The van der Waals surface area contributed by atoms with Crippen molar-refractivity contribution in [3.63, 3.8) is 0 Å². The number of halogens is 2. The van der Waals surface area contributed by atoms with Crippen LogP contribution in [-0.2, 0) is 16.4 Å². The van der Waals surface area contributed by atoms with Crippen LogP contribution in [0.5, 0.6) is 0 Å². The molecule has 0 saturated heterocycles. The summed E-state index contributed by atoms with van der Waals surface area (Å²) < 4.78 is 27.2. The first-order valence-electron chi connectivity index (χ1n) is 6.36. The molecule has 0 aromatic heterocycles. The van der Waals surface area contributed by atoms with Crippen LogP contribution in [0.1, 0.15) is 11.1 Å². The van der Waals surface area contributed by atoms with Gasteiger partial charge in [-0.05, 0) is 54.8 Å². The molecule has 0 unspecified atom stereocenters. The molecule has 2 aromatic rings. The number of anilines is 1. The molecular formula is C15H15Cl2NO2S. The Labute approximate surface area is 135 Å². The standard InChI is InChI=1S/C15H15Cl2NO2S/c1-11-10-13(17)4-7-15(11)18-21(19,20)14-5-2-12(3-6-14)8-9-16/h2-7,10,18H,8-9H2,1H3. The largest absolute Gasteiger partial charge is 0.279 e. The lowest BCUT2D eigenvalue weighted by atomic mass is 10.2. The summed E-state index contributed by atoms with van der Waals surface area (Å²) in [7, 11) is -3.61. The maximum atomic E-state index is 12.3. The third-order valence-electron chi connectivity index (χ3n) is 3.05. The van der Waals surface area contributed by atoms with E-state index in [0.29, 0.717) is 23.0 Å². The fourth-order valence-corrected chi connectivity index (χ4v) is 3.47. The third kappa shape index (κ3) is 4.13. The van der Waals surface area contributed by atoms with Gasteiger partial charge in [-0.3, -0.25) is 4.72 Å². The number of nitrogens with one attached hydrogen (secondary N) is 1. The molecule has 21 heavy (non-hydrogen) atoms. The molecule has 0 atom stereocenters. The molecular weight excluding hydrogens is 329 g/mol. The minimum absolute atomic E-state index is 0.218. The van der Waals surface area contributed by atoms with Crippen molar-refractivity contribution in [3.8, 4) is 0 Å². The fourth-order valence-electron chi connectivity index (χ4n) is 1.89. The summed E-state index contributed by atoms with van der Waals surface area (Å²) in [6, 6.07) is 11.7. The summed E-state index contributed by atoms with van der Waals surface area (Å²) in [5.41, 5.74) is 2.29. The molecule has 0 radical (unpaired) electrons. The van der Waals surface area contributed by atoms with Crippen LogP contribution < -0.4 is 4.72 Å². The van der Waals surface area contributed by atoms with Gasteiger partial charge in [0.1, 0.15) is 0 Å². The van der Waals surface area contributed by atoms with E-state index in [-0.39, 0.29) is 4.90 Å². The Kier molecular flexibility index (Phi) is 5.14. The molecule has 0 fully saturated rings. The van der Waals surface area contributed by atoms with Gasteiger partial charge in [0.25, 0.3) is 10.0 Å². The summed E-state index contributed by atoms with van der Waals surface area (Å²) >= 11 is 11.5. The summed E-state index contributed by atoms with van der Waals surface area (Å²) in [6.45, 7) is 1.80. The number of hydrogen-bond acceptors (Lipinski definition) is 2. The lowest BCUT2D eigenvalue weighted by Gasteiger charge is -2.11. The predicted molar refractivity (Wildman–Crippen MR) is 87.9 cm³/mol. The van der Waals surface area contributed by atoms with Gasteiger partial charge in [-0.1, -0.05) is 23.7 Å². The predicted octanol–water partition coefficient (Wildman–Crippen LogP) is 4.23. The van der Waals surface area contributed by atoms with Crippen molar-refractivity contribution in [2.75, 3.05) is 10.6 Å². The van der Waals surface area contributed by atoms with E-state index < -0.39 is 10.0 Å². The van der Waals surface area contributed by atoms with Crippen molar-refractivity contribution >= 4 is 38.9 Å². The molecule has 3 nitrogen and oxygen atoms in total. The lowest BCUT2D eigenvalue weighted by Crippen LogP contribution is -2.13. The molecule has 1 N–H and O–H groups in total. The molecule has 0 saturated carbocycles. The Hall–Kier alpha value is -1.23. The average Bonchev–Trinajstić information content (AvgIpc) is 2.43. The monoisotopic (exact) mass is 343 g/mol. The quantitative estimate of drug-likeness (QED) is 0.825. The van der Waals surface area contributed by atoms with E-state index in [4.69, 9.17) is 23.2 Å². The zero-order chi connectivity index (χ0) is 15.5. The minimum atomic E-state index is -3.61. The van der Waals surface area contributed by atoms with E-state index in [1.54, 1.807) is 49.4 Å². The van der Waals surface area contributed by atoms with Crippen molar-refractivity contribution in [2.24, 2.45) is 0 Å². The summed E-state index contributed by atoms with van der Waals surface area (Å²) in [5, 5.41) is 0.570. The number of sulfonamides is 1. The van der Waals surface area contributed by atoms with Gasteiger partial charge in [-0.25, -0.2) is 8.42 Å². The van der Waals surface area contributed by atoms with Crippen molar-refractivity contribution in [1.29, 1.82) is 0 Å². The van der Waals surface area contributed by atoms with E-state index >= 15 is 0 Å². The number of aryl methyl sites for hydroxylation is 2. The number of benzene rings is 2. The fraction of sp³-hybridized carbons (Fsp3) is 0.200. The molecule has 112 valence electrons. The van der Waals surface area contributed by atoms with Crippen LogP contribution in [0.4, 0.5) is 5.69 Å². The van der Waals surface area contributed by atoms with Crippen LogP contribution in [0.2, 0.25) is 5.02 Å². The Morgan fingerprint density at radius 3 is 2.33 bits per heavy atom. The highest BCUT2D eigenvalue weighted by Gasteiger charge is 2.15. The second-order valence-electron chi connectivity index (χ2n) is 4.65. The zero-order valence-electron chi connectivity index (χ0n) is 11.4.